The molecule has 146 valence electrons. The van der Waals surface area contributed by atoms with Crippen LogP contribution in [0, 0.1) is 0 Å². The van der Waals surface area contributed by atoms with Gasteiger partial charge in [-0.2, -0.15) is 18.2 Å². The van der Waals surface area contributed by atoms with E-state index < -0.39 is 12.1 Å². The summed E-state index contributed by atoms with van der Waals surface area (Å²) in [7, 11) is 1.64. The second-order valence-electron chi connectivity index (χ2n) is 5.89. The highest BCUT2D eigenvalue weighted by Gasteiger charge is 2.38. The molecule has 0 radical (unpaired) electrons. The van der Waals surface area contributed by atoms with Crippen LogP contribution in [0.25, 0.3) is 11.4 Å². The second kappa shape index (κ2) is 8.12. The molecule has 0 aliphatic heterocycles. The zero-order valence-corrected chi connectivity index (χ0v) is 14.8. The van der Waals surface area contributed by atoms with Gasteiger partial charge in [0.15, 0.2) is 0 Å². The molecule has 0 N–H and O–H groups in total. The smallest absolute Gasteiger partial charge is 0.471 e. The van der Waals surface area contributed by atoms with Crippen LogP contribution >= 0.6 is 0 Å². The van der Waals surface area contributed by atoms with Gasteiger partial charge in [-0.15, -0.1) is 0 Å². The zero-order chi connectivity index (χ0) is 20.1. The van der Waals surface area contributed by atoms with Gasteiger partial charge in [0, 0.05) is 18.2 Å². The van der Waals surface area contributed by atoms with E-state index in [2.05, 4.69) is 14.7 Å². The zero-order valence-electron chi connectivity index (χ0n) is 14.8. The molecule has 0 spiro atoms. The summed E-state index contributed by atoms with van der Waals surface area (Å²) in [5.74, 6) is -1.14. The summed E-state index contributed by atoms with van der Waals surface area (Å²) >= 11 is 0. The van der Waals surface area contributed by atoms with E-state index in [1.165, 1.54) is 29.2 Å². The van der Waals surface area contributed by atoms with E-state index in [4.69, 9.17) is 4.74 Å². The molecule has 28 heavy (non-hydrogen) atoms. The molecule has 0 fully saturated rings. The Balaban J connectivity index is 1.59. The number of benzene rings is 2. The van der Waals surface area contributed by atoms with Crippen LogP contribution in [-0.2, 0) is 6.18 Å². The van der Waals surface area contributed by atoms with Gasteiger partial charge in [0.25, 0.3) is 5.91 Å². The summed E-state index contributed by atoms with van der Waals surface area (Å²) in [5.41, 5.74) is 0.691. The number of carbonyl (C=O) groups excluding carboxylic acids is 1. The first-order valence-electron chi connectivity index (χ1n) is 8.29. The normalized spacial score (nSPS) is 11.3. The summed E-state index contributed by atoms with van der Waals surface area (Å²) < 4.78 is 47.3. The molecule has 1 heterocycles. The highest BCUT2D eigenvalue weighted by molar-refractivity contribution is 5.94. The van der Waals surface area contributed by atoms with E-state index in [0.717, 1.165) is 0 Å². The molecule has 0 atom stereocenters. The van der Waals surface area contributed by atoms with Crippen molar-refractivity contribution in [1.82, 2.24) is 15.0 Å². The Morgan fingerprint density at radius 1 is 1.11 bits per heavy atom. The SMILES string of the molecule is CN(CCOc1ccccc1)C(=O)c1ccc(-c2noc(C(F)(F)F)n2)cc1. The van der Waals surface area contributed by atoms with Crippen molar-refractivity contribution in [2.24, 2.45) is 0 Å². The van der Waals surface area contributed by atoms with Gasteiger partial charge < -0.3 is 14.2 Å². The maximum absolute atomic E-state index is 12.5. The van der Waals surface area contributed by atoms with E-state index >= 15 is 0 Å². The van der Waals surface area contributed by atoms with Gasteiger partial charge in [-0.1, -0.05) is 35.5 Å². The maximum atomic E-state index is 12.5. The molecule has 6 nitrogen and oxygen atoms in total. The first kappa shape index (κ1) is 19.4. The minimum absolute atomic E-state index is 0.198. The molecule has 0 unspecified atom stereocenters. The van der Waals surface area contributed by atoms with Gasteiger partial charge in [0.1, 0.15) is 12.4 Å². The van der Waals surface area contributed by atoms with Gasteiger partial charge in [0.2, 0.25) is 5.82 Å². The molecule has 1 amide bonds. The monoisotopic (exact) mass is 391 g/mol. The Kier molecular flexibility index (Phi) is 5.62. The molecule has 0 aliphatic rings. The van der Waals surface area contributed by atoms with Crippen molar-refractivity contribution in [2.75, 3.05) is 20.2 Å². The molecule has 1 aromatic heterocycles. The summed E-state index contributed by atoms with van der Waals surface area (Å²) in [4.78, 5) is 17.3. The molecular weight excluding hydrogens is 375 g/mol. The number of alkyl halides is 3. The molecule has 3 rings (SSSR count). The van der Waals surface area contributed by atoms with Crippen LogP contribution < -0.4 is 4.74 Å². The van der Waals surface area contributed by atoms with Gasteiger partial charge in [-0.25, -0.2) is 0 Å². The largest absolute Gasteiger partial charge is 0.492 e. The standard InChI is InChI=1S/C19H16F3N3O3/c1-25(11-12-27-15-5-3-2-4-6-15)17(26)14-9-7-13(8-10-14)16-23-18(28-24-16)19(20,21)22/h2-10H,11-12H2,1H3. The Hall–Kier alpha value is -3.36. The highest BCUT2D eigenvalue weighted by atomic mass is 19.4. The van der Waals surface area contributed by atoms with Gasteiger partial charge in [-0.05, 0) is 24.3 Å². The fraction of sp³-hybridized carbons (Fsp3) is 0.211. The van der Waals surface area contributed by atoms with E-state index in [1.807, 2.05) is 30.3 Å². The third-order valence-electron chi connectivity index (χ3n) is 3.84. The number of nitrogens with zero attached hydrogens (tertiary/aromatic N) is 3. The van der Waals surface area contributed by atoms with Crippen molar-refractivity contribution in [3.8, 4) is 17.1 Å². The summed E-state index contributed by atoms with van der Waals surface area (Å²) in [6.07, 6.45) is -4.70. The Morgan fingerprint density at radius 2 is 1.79 bits per heavy atom. The van der Waals surface area contributed by atoms with Crippen molar-refractivity contribution >= 4 is 5.91 Å². The van der Waals surface area contributed by atoms with Crippen molar-refractivity contribution in [3.63, 3.8) is 0 Å². The maximum Gasteiger partial charge on any atom is 0.471 e. The van der Waals surface area contributed by atoms with E-state index in [0.29, 0.717) is 30.0 Å². The number of ether oxygens (including phenoxy) is 1. The quantitative estimate of drug-likeness (QED) is 0.637. The minimum atomic E-state index is -4.70. The molecule has 0 saturated heterocycles. The Labute approximate surface area is 158 Å². The van der Waals surface area contributed by atoms with E-state index in [-0.39, 0.29) is 11.7 Å². The fourth-order valence-electron chi connectivity index (χ4n) is 2.36. The van der Waals surface area contributed by atoms with Crippen LogP contribution in [0.2, 0.25) is 0 Å². The first-order valence-corrected chi connectivity index (χ1v) is 8.29. The van der Waals surface area contributed by atoms with Crippen molar-refractivity contribution in [2.45, 2.75) is 6.18 Å². The number of carbonyl (C=O) groups is 1. The number of para-hydroxylation sites is 1. The lowest BCUT2D eigenvalue weighted by atomic mass is 10.1. The third-order valence-corrected chi connectivity index (χ3v) is 3.84. The minimum Gasteiger partial charge on any atom is -0.492 e. The Morgan fingerprint density at radius 3 is 2.39 bits per heavy atom. The van der Waals surface area contributed by atoms with E-state index in [9.17, 15) is 18.0 Å². The predicted octanol–water partition coefficient (Wildman–Crippen LogP) is 3.91. The second-order valence-corrected chi connectivity index (χ2v) is 5.89. The number of amides is 1. The average Bonchev–Trinajstić information content (AvgIpc) is 3.19. The summed E-state index contributed by atoms with van der Waals surface area (Å²) in [5, 5.41) is 3.31. The highest BCUT2D eigenvalue weighted by Crippen LogP contribution is 2.29. The van der Waals surface area contributed by atoms with Gasteiger partial charge in [-0.3, -0.25) is 4.79 Å². The third kappa shape index (κ3) is 4.67. The van der Waals surface area contributed by atoms with E-state index in [1.54, 1.807) is 7.05 Å². The number of aromatic nitrogens is 2. The summed E-state index contributed by atoms with van der Waals surface area (Å²) in [6, 6.07) is 15.2. The van der Waals surface area contributed by atoms with Crippen molar-refractivity contribution in [1.29, 1.82) is 0 Å². The average molecular weight is 391 g/mol. The predicted molar refractivity (Wildman–Crippen MR) is 93.6 cm³/mol. The summed E-state index contributed by atoms with van der Waals surface area (Å²) in [6.45, 7) is 0.697. The molecular formula is C19H16F3N3O3. The lowest BCUT2D eigenvalue weighted by molar-refractivity contribution is -0.159. The van der Waals surface area contributed by atoms with Gasteiger partial charge >= 0.3 is 12.1 Å². The lowest BCUT2D eigenvalue weighted by Gasteiger charge is -2.17. The molecule has 0 aliphatic carbocycles. The van der Waals surface area contributed by atoms with Crippen LogP contribution in [0.4, 0.5) is 13.2 Å². The van der Waals surface area contributed by atoms with Crippen LogP contribution in [0.3, 0.4) is 0 Å². The number of halogens is 3. The van der Waals surface area contributed by atoms with Crippen molar-refractivity contribution in [3.05, 3.63) is 66.1 Å². The fourth-order valence-corrected chi connectivity index (χ4v) is 2.36. The van der Waals surface area contributed by atoms with Crippen LogP contribution in [0.1, 0.15) is 16.2 Å². The van der Waals surface area contributed by atoms with Crippen LogP contribution in [0.15, 0.2) is 59.1 Å². The molecule has 9 heteroatoms. The number of hydrogen-bond acceptors (Lipinski definition) is 5. The lowest BCUT2D eigenvalue weighted by Crippen LogP contribution is -2.30. The molecule has 0 saturated carbocycles. The number of hydrogen-bond donors (Lipinski definition) is 0. The first-order chi connectivity index (χ1) is 13.3. The molecule has 2 aromatic carbocycles. The van der Waals surface area contributed by atoms with Gasteiger partial charge in [0.05, 0.1) is 6.54 Å². The number of rotatable bonds is 6. The molecule has 0 bridgehead atoms. The van der Waals surface area contributed by atoms with Crippen molar-refractivity contribution < 1.29 is 27.2 Å². The number of likely N-dealkylation sites (N-methyl/N-ethyl adjacent to an activating group) is 1. The van der Waals surface area contributed by atoms with Crippen LogP contribution in [-0.4, -0.2) is 41.1 Å². The Bertz CT molecular complexity index is 925. The van der Waals surface area contributed by atoms with Crippen LogP contribution in [0.5, 0.6) is 5.75 Å². The molecule has 3 aromatic rings. The topological polar surface area (TPSA) is 68.5 Å².